The van der Waals surface area contributed by atoms with E-state index in [1.807, 2.05) is 36.4 Å². The molecule has 0 spiro atoms. The second-order valence-corrected chi connectivity index (χ2v) is 13.3. The molecule has 9 heteroatoms. The van der Waals surface area contributed by atoms with Gasteiger partial charge in [0, 0.05) is 18.1 Å². The zero-order valence-electron chi connectivity index (χ0n) is 24.3. The maximum atomic E-state index is 14.2. The van der Waals surface area contributed by atoms with Gasteiger partial charge in [0.2, 0.25) is 11.8 Å². The van der Waals surface area contributed by atoms with Crippen LogP contribution in [-0.4, -0.2) is 53.3 Å². The Balaban J connectivity index is 1.23. The molecule has 7 nitrogen and oxygen atoms in total. The van der Waals surface area contributed by atoms with Crippen molar-refractivity contribution >= 4 is 34.4 Å². The molecule has 2 aliphatic carbocycles. The summed E-state index contributed by atoms with van der Waals surface area (Å²) in [5.41, 5.74) is 1.42. The van der Waals surface area contributed by atoms with Crippen molar-refractivity contribution in [1.82, 2.24) is 20.6 Å². The molecule has 1 unspecified atom stereocenters. The predicted octanol–water partition coefficient (Wildman–Crippen LogP) is 5.76. The van der Waals surface area contributed by atoms with E-state index in [1.165, 1.54) is 0 Å². The second-order valence-electron chi connectivity index (χ2n) is 12.9. The van der Waals surface area contributed by atoms with Crippen LogP contribution in [0.4, 0.5) is 4.39 Å². The minimum absolute atomic E-state index is 0.00610. The molecule has 2 saturated carbocycles. The maximum Gasteiger partial charge on any atom is 0.242 e. The molecule has 42 heavy (non-hydrogen) atoms. The van der Waals surface area contributed by atoms with Gasteiger partial charge in [0.25, 0.3) is 0 Å². The average Bonchev–Trinajstić information content (AvgIpc) is 3.32. The number of fused-ring (bicyclic) bond motifs is 1. The first-order chi connectivity index (χ1) is 20.2. The average molecular weight is 595 g/mol. The Bertz CT molecular complexity index is 1460. The summed E-state index contributed by atoms with van der Waals surface area (Å²) in [6.07, 6.45) is 4.94. The van der Waals surface area contributed by atoms with Crippen LogP contribution in [0.2, 0.25) is 5.02 Å². The molecule has 3 aliphatic rings. The van der Waals surface area contributed by atoms with Crippen LogP contribution in [0.15, 0.2) is 42.5 Å². The quantitative estimate of drug-likeness (QED) is 0.263. The van der Waals surface area contributed by atoms with Crippen molar-refractivity contribution in [2.24, 2.45) is 11.8 Å². The lowest BCUT2D eigenvalue weighted by molar-refractivity contribution is -0.134. The lowest BCUT2D eigenvalue weighted by Crippen LogP contribution is -2.57. The highest BCUT2D eigenvalue weighted by atomic mass is 35.5. The van der Waals surface area contributed by atoms with E-state index < -0.39 is 17.1 Å². The summed E-state index contributed by atoms with van der Waals surface area (Å²) in [6, 6.07) is 13.2. The molecule has 3 aromatic rings. The predicted molar refractivity (Wildman–Crippen MR) is 161 cm³/mol. The number of carbonyl (C=O) groups excluding carboxylic acids is 2. The van der Waals surface area contributed by atoms with Gasteiger partial charge in [0.05, 0.1) is 29.6 Å². The molecule has 224 valence electrons. The summed E-state index contributed by atoms with van der Waals surface area (Å²) in [5, 5.41) is 6.61. The minimum Gasteiger partial charge on any atom is -0.380 e. The molecule has 3 atom stereocenters. The molecule has 2 aromatic carbocycles. The summed E-state index contributed by atoms with van der Waals surface area (Å²) in [7, 11) is 0. The smallest absolute Gasteiger partial charge is 0.242 e. The summed E-state index contributed by atoms with van der Waals surface area (Å²) < 4.78 is 20.0. The van der Waals surface area contributed by atoms with E-state index in [0.29, 0.717) is 38.2 Å². The van der Waals surface area contributed by atoms with Crippen molar-refractivity contribution in [1.29, 1.82) is 0 Å². The summed E-state index contributed by atoms with van der Waals surface area (Å²) in [6.45, 7) is 5.08. The SMILES string of the molecule is CC(C)[C@H](Cc1nc2ccc(C3(C(=O)N[C@@H](C(=O)NCC4(F)CC4)C4CCC4)CCOC3)cc2[nH]1)c1ccccc1Cl. The lowest BCUT2D eigenvalue weighted by Gasteiger charge is -2.36. The first-order valence-electron chi connectivity index (χ1n) is 15.3. The number of benzene rings is 2. The number of carbonyl (C=O) groups is 2. The fraction of sp³-hybridized carbons (Fsp3) is 0.545. The monoisotopic (exact) mass is 594 g/mol. The highest BCUT2D eigenvalue weighted by Gasteiger charge is 2.48. The van der Waals surface area contributed by atoms with E-state index in [1.54, 1.807) is 0 Å². The van der Waals surface area contributed by atoms with Crippen molar-refractivity contribution in [3.05, 3.63) is 64.4 Å². The molecule has 3 N–H and O–H groups in total. The molecule has 1 aliphatic heterocycles. The number of alkyl halides is 1. The number of rotatable bonds is 11. The molecule has 2 amide bonds. The number of ether oxygens (including phenoxy) is 1. The van der Waals surface area contributed by atoms with Crippen molar-refractivity contribution in [2.45, 2.75) is 81.8 Å². The Hall–Kier alpha value is -2.97. The van der Waals surface area contributed by atoms with E-state index in [9.17, 15) is 14.0 Å². The second kappa shape index (κ2) is 11.6. The normalized spacial score (nSPS) is 23.0. The van der Waals surface area contributed by atoms with Gasteiger partial charge in [-0.15, -0.1) is 0 Å². The van der Waals surface area contributed by atoms with E-state index in [0.717, 1.165) is 52.3 Å². The zero-order chi connectivity index (χ0) is 29.5. The van der Waals surface area contributed by atoms with Gasteiger partial charge in [0.15, 0.2) is 0 Å². The van der Waals surface area contributed by atoms with Crippen LogP contribution in [-0.2, 0) is 26.2 Å². The number of aromatic nitrogens is 2. The standard InChI is InChI=1S/C33H40ClFN4O3/c1-20(2)24(23-8-3-4-9-25(23)34)17-28-37-26-11-10-22(16-27(26)38-28)33(14-15-42-19-33)31(41)39-29(21-6-5-7-21)30(40)36-18-32(35)12-13-32/h3-4,8-11,16,20-21,24,29H,5-7,12-15,17-19H2,1-2H3,(H,36,40)(H,37,38)(H,39,41)/t24-,29+,33?/m0/s1. The number of halogens is 2. The Kier molecular flexibility index (Phi) is 8.05. The van der Waals surface area contributed by atoms with Gasteiger partial charge >= 0.3 is 0 Å². The van der Waals surface area contributed by atoms with Crippen LogP contribution in [0.5, 0.6) is 0 Å². The number of amides is 2. The van der Waals surface area contributed by atoms with E-state index in [-0.39, 0.29) is 36.8 Å². The number of nitrogens with zero attached hydrogens (tertiary/aromatic N) is 1. The largest absolute Gasteiger partial charge is 0.380 e. The Morgan fingerprint density at radius 3 is 2.60 bits per heavy atom. The first-order valence-corrected chi connectivity index (χ1v) is 15.6. The summed E-state index contributed by atoms with van der Waals surface area (Å²) >= 11 is 6.55. The molecule has 6 rings (SSSR count). The maximum absolute atomic E-state index is 14.2. The van der Waals surface area contributed by atoms with Crippen LogP contribution in [0.3, 0.4) is 0 Å². The van der Waals surface area contributed by atoms with Crippen molar-refractivity contribution in [3.8, 4) is 0 Å². The Morgan fingerprint density at radius 2 is 1.95 bits per heavy atom. The minimum atomic E-state index is -1.29. The highest BCUT2D eigenvalue weighted by Crippen LogP contribution is 2.40. The molecule has 0 bridgehead atoms. The van der Waals surface area contributed by atoms with Crippen molar-refractivity contribution < 1.29 is 18.7 Å². The Labute approximate surface area is 251 Å². The van der Waals surface area contributed by atoms with Gasteiger partial charge in [-0.05, 0) is 79.2 Å². The van der Waals surface area contributed by atoms with Gasteiger partial charge in [-0.2, -0.15) is 0 Å². The van der Waals surface area contributed by atoms with Crippen molar-refractivity contribution in [2.75, 3.05) is 19.8 Å². The molecule has 2 heterocycles. The number of hydrogen-bond donors (Lipinski definition) is 3. The van der Waals surface area contributed by atoms with Gasteiger partial charge < -0.3 is 20.4 Å². The summed E-state index contributed by atoms with van der Waals surface area (Å²) in [5.74, 6) is 0.972. The number of aromatic amines is 1. The molecule has 1 saturated heterocycles. The molecular weight excluding hydrogens is 555 g/mol. The topological polar surface area (TPSA) is 96.1 Å². The van der Waals surface area contributed by atoms with Gasteiger partial charge in [-0.3, -0.25) is 9.59 Å². The third kappa shape index (κ3) is 5.80. The first kappa shape index (κ1) is 29.1. The fourth-order valence-electron chi connectivity index (χ4n) is 6.37. The van der Waals surface area contributed by atoms with E-state index in [2.05, 4.69) is 35.5 Å². The fourth-order valence-corrected chi connectivity index (χ4v) is 6.64. The van der Waals surface area contributed by atoms with Crippen LogP contribution in [0, 0.1) is 11.8 Å². The lowest BCUT2D eigenvalue weighted by atomic mass is 9.76. The molecular formula is C33H40ClFN4O3. The van der Waals surface area contributed by atoms with Crippen LogP contribution in [0.1, 0.15) is 75.2 Å². The molecule has 0 radical (unpaired) electrons. The van der Waals surface area contributed by atoms with Crippen molar-refractivity contribution in [3.63, 3.8) is 0 Å². The van der Waals surface area contributed by atoms with Gasteiger partial charge in [-0.1, -0.05) is 56.1 Å². The van der Waals surface area contributed by atoms with Crippen LogP contribution < -0.4 is 10.6 Å². The number of H-pyrrole nitrogens is 1. The van der Waals surface area contributed by atoms with Gasteiger partial charge in [-0.25, -0.2) is 9.37 Å². The highest BCUT2D eigenvalue weighted by molar-refractivity contribution is 6.31. The Morgan fingerprint density at radius 1 is 1.17 bits per heavy atom. The number of hydrogen-bond acceptors (Lipinski definition) is 4. The van der Waals surface area contributed by atoms with Crippen LogP contribution in [0.25, 0.3) is 11.0 Å². The van der Waals surface area contributed by atoms with E-state index >= 15 is 0 Å². The number of imidazole rings is 1. The molecule has 3 fully saturated rings. The zero-order valence-corrected chi connectivity index (χ0v) is 25.1. The van der Waals surface area contributed by atoms with Crippen LogP contribution >= 0.6 is 11.6 Å². The summed E-state index contributed by atoms with van der Waals surface area (Å²) in [4.78, 5) is 35.5. The third-order valence-electron chi connectivity index (χ3n) is 9.62. The van der Waals surface area contributed by atoms with Gasteiger partial charge in [0.1, 0.15) is 17.5 Å². The third-order valence-corrected chi connectivity index (χ3v) is 9.97. The van der Waals surface area contributed by atoms with E-state index in [4.69, 9.17) is 21.3 Å². The number of nitrogens with one attached hydrogen (secondary N) is 3. The molecule has 1 aromatic heterocycles.